The molecule has 3 rings (SSSR count). The zero-order valence-corrected chi connectivity index (χ0v) is 12.8. The molecule has 0 atom stereocenters. The monoisotopic (exact) mass is 279 g/mol. The maximum Gasteiger partial charge on any atom is 0.138 e. The molecule has 0 aliphatic carbocycles. The van der Waals surface area contributed by atoms with Crippen molar-refractivity contribution >= 4 is 11.0 Å². The zero-order valence-electron chi connectivity index (χ0n) is 12.8. The number of H-pyrrole nitrogens is 1. The molecule has 0 aliphatic heterocycles. The molecule has 3 N–H and O–H groups in total. The first-order valence-corrected chi connectivity index (χ1v) is 7.27. The third-order valence-corrected chi connectivity index (χ3v) is 3.77. The fraction of sp³-hybridized carbons (Fsp3) is 0.278. The van der Waals surface area contributed by atoms with E-state index in [4.69, 9.17) is 10.7 Å². The van der Waals surface area contributed by atoms with Gasteiger partial charge in [-0.25, -0.2) is 4.98 Å². The average Bonchev–Trinajstić information content (AvgIpc) is 2.89. The molecule has 0 spiro atoms. The van der Waals surface area contributed by atoms with Crippen LogP contribution in [0.2, 0.25) is 0 Å². The highest BCUT2D eigenvalue weighted by Crippen LogP contribution is 2.32. The molecule has 0 radical (unpaired) electrons. The maximum atomic E-state index is 5.71. The average molecular weight is 279 g/mol. The molecule has 3 aromatic rings. The molecule has 3 nitrogen and oxygen atoms in total. The van der Waals surface area contributed by atoms with Gasteiger partial charge in [-0.2, -0.15) is 0 Å². The van der Waals surface area contributed by atoms with Crippen LogP contribution >= 0.6 is 0 Å². The molecule has 0 bridgehead atoms. The summed E-state index contributed by atoms with van der Waals surface area (Å²) >= 11 is 0. The second-order valence-corrected chi connectivity index (χ2v) is 6.44. The Labute approximate surface area is 125 Å². The number of nitrogens with two attached hydrogens (primary N) is 1. The van der Waals surface area contributed by atoms with Crippen molar-refractivity contribution in [1.29, 1.82) is 0 Å². The van der Waals surface area contributed by atoms with E-state index in [9.17, 15) is 0 Å². The molecule has 21 heavy (non-hydrogen) atoms. The Morgan fingerprint density at radius 1 is 1.10 bits per heavy atom. The number of hydrogen-bond donors (Lipinski definition) is 2. The Morgan fingerprint density at radius 2 is 1.86 bits per heavy atom. The van der Waals surface area contributed by atoms with E-state index in [1.807, 2.05) is 12.1 Å². The first-order chi connectivity index (χ1) is 9.99. The van der Waals surface area contributed by atoms with Crippen LogP contribution in [0.25, 0.3) is 22.4 Å². The number of aromatic nitrogens is 2. The highest BCUT2D eigenvalue weighted by atomic mass is 14.9. The van der Waals surface area contributed by atoms with Crippen molar-refractivity contribution in [2.45, 2.75) is 32.7 Å². The number of rotatable bonds is 2. The largest absolute Gasteiger partial charge is 0.338 e. The van der Waals surface area contributed by atoms with Crippen LogP contribution in [0.1, 0.15) is 31.9 Å². The van der Waals surface area contributed by atoms with Gasteiger partial charge >= 0.3 is 0 Å². The van der Waals surface area contributed by atoms with Crippen molar-refractivity contribution in [3.63, 3.8) is 0 Å². The van der Waals surface area contributed by atoms with Crippen molar-refractivity contribution in [2.24, 2.45) is 5.73 Å². The van der Waals surface area contributed by atoms with Crippen LogP contribution in [0.4, 0.5) is 0 Å². The number of benzene rings is 2. The van der Waals surface area contributed by atoms with Crippen LogP contribution < -0.4 is 5.73 Å². The van der Waals surface area contributed by atoms with Crippen LogP contribution in [-0.4, -0.2) is 9.97 Å². The molecular weight excluding hydrogens is 258 g/mol. The Balaban J connectivity index is 2.17. The SMILES string of the molecule is CC(C)(C)c1ccccc1-c1nc2ccc(CN)cc2[nH]1. The van der Waals surface area contributed by atoms with Crippen molar-refractivity contribution < 1.29 is 0 Å². The third kappa shape index (κ3) is 2.57. The first-order valence-electron chi connectivity index (χ1n) is 7.27. The summed E-state index contributed by atoms with van der Waals surface area (Å²) in [6.07, 6.45) is 0. The van der Waals surface area contributed by atoms with Crippen molar-refractivity contribution in [1.82, 2.24) is 9.97 Å². The Kier molecular flexibility index (Phi) is 3.30. The lowest BCUT2D eigenvalue weighted by atomic mass is 9.83. The Bertz CT molecular complexity index is 779. The summed E-state index contributed by atoms with van der Waals surface area (Å²) in [6.45, 7) is 7.21. The van der Waals surface area contributed by atoms with Gasteiger partial charge in [0.1, 0.15) is 5.82 Å². The van der Waals surface area contributed by atoms with Crippen molar-refractivity contribution in [2.75, 3.05) is 0 Å². The third-order valence-electron chi connectivity index (χ3n) is 3.77. The molecule has 0 unspecified atom stereocenters. The van der Waals surface area contributed by atoms with Gasteiger partial charge in [0, 0.05) is 12.1 Å². The highest BCUT2D eigenvalue weighted by Gasteiger charge is 2.19. The van der Waals surface area contributed by atoms with Gasteiger partial charge in [-0.1, -0.05) is 51.1 Å². The summed E-state index contributed by atoms with van der Waals surface area (Å²) in [5.74, 6) is 0.921. The van der Waals surface area contributed by atoms with Gasteiger partial charge < -0.3 is 10.7 Å². The van der Waals surface area contributed by atoms with E-state index in [2.05, 4.69) is 56.1 Å². The normalized spacial score (nSPS) is 12.0. The molecule has 0 aliphatic rings. The molecule has 0 saturated carbocycles. The van der Waals surface area contributed by atoms with Gasteiger partial charge in [0.15, 0.2) is 0 Å². The zero-order chi connectivity index (χ0) is 15.0. The van der Waals surface area contributed by atoms with Crippen molar-refractivity contribution in [3.05, 3.63) is 53.6 Å². The number of aromatic amines is 1. The molecule has 0 saturated heterocycles. The lowest BCUT2D eigenvalue weighted by Crippen LogP contribution is -2.12. The molecule has 1 heterocycles. The van der Waals surface area contributed by atoms with Gasteiger partial charge in [0.2, 0.25) is 0 Å². The van der Waals surface area contributed by atoms with E-state index >= 15 is 0 Å². The summed E-state index contributed by atoms with van der Waals surface area (Å²) < 4.78 is 0. The number of fused-ring (bicyclic) bond motifs is 1. The topological polar surface area (TPSA) is 54.7 Å². The van der Waals surface area contributed by atoms with Gasteiger partial charge in [-0.15, -0.1) is 0 Å². The summed E-state index contributed by atoms with van der Waals surface area (Å²) in [4.78, 5) is 8.17. The number of nitrogens with zero attached hydrogens (tertiary/aromatic N) is 1. The molecular formula is C18H21N3. The van der Waals surface area contributed by atoms with E-state index in [0.717, 1.165) is 28.0 Å². The molecule has 2 aromatic carbocycles. The molecule has 0 amide bonds. The summed E-state index contributed by atoms with van der Waals surface area (Å²) in [5, 5.41) is 0. The number of nitrogens with one attached hydrogen (secondary N) is 1. The Hall–Kier alpha value is -2.13. The minimum Gasteiger partial charge on any atom is -0.338 e. The molecule has 0 fully saturated rings. The van der Waals surface area contributed by atoms with Crippen molar-refractivity contribution in [3.8, 4) is 11.4 Å². The maximum absolute atomic E-state index is 5.71. The predicted octanol–water partition coefficient (Wildman–Crippen LogP) is 3.99. The minimum atomic E-state index is 0.0813. The molecule has 1 aromatic heterocycles. The second kappa shape index (κ2) is 5.01. The van der Waals surface area contributed by atoms with Gasteiger partial charge in [-0.05, 0) is 28.7 Å². The van der Waals surface area contributed by atoms with Crippen LogP contribution in [-0.2, 0) is 12.0 Å². The smallest absolute Gasteiger partial charge is 0.138 e. The van der Waals surface area contributed by atoms with Crippen LogP contribution in [0, 0.1) is 0 Å². The van der Waals surface area contributed by atoms with Gasteiger partial charge in [0.25, 0.3) is 0 Å². The minimum absolute atomic E-state index is 0.0813. The summed E-state index contributed by atoms with van der Waals surface area (Å²) in [6, 6.07) is 14.6. The van der Waals surface area contributed by atoms with Crippen LogP contribution in [0.15, 0.2) is 42.5 Å². The van der Waals surface area contributed by atoms with Crippen LogP contribution in [0.5, 0.6) is 0 Å². The first kappa shape index (κ1) is 13.8. The standard InChI is InChI=1S/C18H21N3/c1-18(2,3)14-7-5-4-6-13(14)17-20-15-9-8-12(11-19)10-16(15)21-17/h4-10H,11,19H2,1-3H3,(H,20,21). The van der Waals surface area contributed by atoms with E-state index in [1.54, 1.807) is 0 Å². The second-order valence-electron chi connectivity index (χ2n) is 6.44. The fourth-order valence-corrected chi connectivity index (χ4v) is 2.65. The fourth-order valence-electron chi connectivity index (χ4n) is 2.65. The summed E-state index contributed by atoms with van der Waals surface area (Å²) in [7, 11) is 0. The molecule has 108 valence electrons. The van der Waals surface area contributed by atoms with E-state index in [0.29, 0.717) is 6.54 Å². The van der Waals surface area contributed by atoms with E-state index < -0.39 is 0 Å². The van der Waals surface area contributed by atoms with E-state index in [-0.39, 0.29) is 5.41 Å². The van der Waals surface area contributed by atoms with Gasteiger partial charge in [-0.3, -0.25) is 0 Å². The van der Waals surface area contributed by atoms with Crippen LogP contribution in [0.3, 0.4) is 0 Å². The van der Waals surface area contributed by atoms with Gasteiger partial charge in [0.05, 0.1) is 11.0 Å². The lowest BCUT2D eigenvalue weighted by molar-refractivity contribution is 0.591. The summed E-state index contributed by atoms with van der Waals surface area (Å²) in [5.41, 5.74) is 11.4. The number of hydrogen-bond acceptors (Lipinski definition) is 2. The quantitative estimate of drug-likeness (QED) is 0.745. The number of imidazole rings is 1. The lowest BCUT2D eigenvalue weighted by Gasteiger charge is -2.21. The molecule has 3 heteroatoms. The predicted molar refractivity (Wildman–Crippen MR) is 88.1 cm³/mol. The highest BCUT2D eigenvalue weighted by molar-refractivity contribution is 5.80. The Morgan fingerprint density at radius 3 is 2.57 bits per heavy atom. The van der Waals surface area contributed by atoms with E-state index in [1.165, 1.54) is 5.56 Å².